The summed E-state index contributed by atoms with van der Waals surface area (Å²) in [5, 5.41) is 20.4. The van der Waals surface area contributed by atoms with Gasteiger partial charge >= 0.3 is 0 Å². The molecule has 39 heavy (non-hydrogen) atoms. The maximum absolute atomic E-state index is 12.4. The number of nitrogens with one attached hydrogen (secondary N) is 5. The number of rotatable bonds is 13. The van der Waals surface area contributed by atoms with Gasteiger partial charge in [-0.15, -0.1) is 0 Å². The number of anilines is 3. The number of carbonyl (C=O) groups excluding carboxylic acids is 2. The second-order valence-electron chi connectivity index (χ2n) is 8.96. The molecule has 3 rings (SSSR count). The molecule has 3 aromatic rings. The summed E-state index contributed by atoms with van der Waals surface area (Å²) < 4.78 is 0. The first-order chi connectivity index (χ1) is 18.9. The maximum atomic E-state index is 12.4. The number of aromatic nitrogens is 4. The average Bonchev–Trinajstić information content (AvgIpc) is 3.41. The summed E-state index contributed by atoms with van der Waals surface area (Å²) in [6.07, 6.45) is 8.89. The Morgan fingerprint density at radius 1 is 1.23 bits per heavy atom. The molecule has 0 radical (unpaired) electrons. The van der Waals surface area contributed by atoms with Gasteiger partial charge in [0.25, 0.3) is 0 Å². The van der Waals surface area contributed by atoms with Crippen molar-refractivity contribution in [1.82, 2.24) is 35.7 Å². The van der Waals surface area contributed by atoms with E-state index in [0.717, 1.165) is 29.6 Å². The number of nitrogens with zero attached hydrogens (tertiary/aromatic N) is 4. The Kier molecular flexibility index (Phi) is 11.3. The number of hydrogen-bond donors (Lipinski definition) is 5. The third-order valence-electron chi connectivity index (χ3n) is 5.92. The van der Waals surface area contributed by atoms with Gasteiger partial charge in [-0.3, -0.25) is 14.7 Å². The van der Waals surface area contributed by atoms with Crippen LogP contribution in [0.2, 0.25) is 0 Å². The van der Waals surface area contributed by atoms with Crippen molar-refractivity contribution in [3.63, 3.8) is 0 Å². The van der Waals surface area contributed by atoms with Gasteiger partial charge in [-0.05, 0) is 45.0 Å². The molecule has 1 aromatic carbocycles. The number of carbonyl (C=O) groups is 2. The number of benzene rings is 1. The van der Waals surface area contributed by atoms with Gasteiger partial charge in [-0.1, -0.05) is 24.8 Å². The minimum Gasteiger partial charge on any atom is -0.369 e. The van der Waals surface area contributed by atoms with Crippen molar-refractivity contribution < 1.29 is 9.59 Å². The Morgan fingerprint density at radius 2 is 2.08 bits per heavy atom. The Bertz CT molecular complexity index is 1340. The number of aromatic amines is 1. The van der Waals surface area contributed by atoms with Gasteiger partial charge in [-0.2, -0.15) is 10.1 Å². The van der Waals surface area contributed by atoms with Crippen molar-refractivity contribution in [2.75, 3.05) is 44.4 Å². The second-order valence-corrected chi connectivity index (χ2v) is 8.96. The molecule has 2 amide bonds. The SMILES string of the molecule is CCCNc1nc(Nc2ccc3cn[nH]c3c2)ncc1C#CCCCNC(=O)[C@H](C)N(C)C(=O)/C=C/CNC. The molecule has 0 saturated heterocycles. The average molecular weight is 532 g/mol. The summed E-state index contributed by atoms with van der Waals surface area (Å²) >= 11 is 0. The Balaban J connectivity index is 1.52. The standard InChI is InChI=1S/C28H37N9O2/c1-5-14-30-26-22(18-32-28(35-26)34-23-13-12-21-19-33-36-24(21)17-23)10-7-6-8-16-31-27(39)20(2)37(4)25(38)11-9-15-29-3/h9,11-13,17-20,29H,5-6,8,14-16H2,1-4H3,(H,31,39)(H,33,36)(H2,30,32,34,35)/b11-9+/t20-/m0/s1. The summed E-state index contributed by atoms with van der Waals surface area (Å²) in [6, 6.07) is 5.31. The zero-order valence-corrected chi connectivity index (χ0v) is 23.0. The van der Waals surface area contributed by atoms with Crippen LogP contribution in [0.3, 0.4) is 0 Å². The predicted molar refractivity (Wildman–Crippen MR) is 155 cm³/mol. The molecule has 0 aliphatic carbocycles. The van der Waals surface area contributed by atoms with E-state index in [1.54, 1.807) is 39.5 Å². The molecule has 0 aliphatic heterocycles. The third-order valence-corrected chi connectivity index (χ3v) is 5.92. The molecule has 0 aliphatic rings. The third kappa shape index (κ3) is 8.83. The van der Waals surface area contributed by atoms with Crippen LogP contribution in [0.5, 0.6) is 0 Å². The van der Waals surface area contributed by atoms with Crippen LogP contribution in [-0.4, -0.2) is 76.7 Å². The molecule has 0 fully saturated rings. The van der Waals surface area contributed by atoms with E-state index in [1.807, 2.05) is 18.2 Å². The number of likely N-dealkylation sites (N-methyl/N-ethyl adjacent to an activating group) is 2. The van der Waals surface area contributed by atoms with E-state index in [0.29, 0.717) is 43.3 Å². The first-order valence-electron chi connectivity index (χ1n) is 13.1. The summed E-state index contributed by atoms with van der Waals surface area (Å²) in [4.78, 5) is 35.0. The highest BCUT2D eigenvalue weighted by atomic mass is 16.2. The predicted octanol–water partition coefficient (Wildman–Crippen LogP) is 2.79. The van der Waals surface area contributed by atoms with E-state index in [-0.39, 0.29) is 11.8 Å². The highest BCUT2D eigenvalue weighted by Gasteiger charge is 2.20. The van der Waals surface area contributed by atoms with Gasteiger partial charge < -0.3 is 26.2 Å². The first-order valence-corrected chi connectivity index (χ1v) is 13.1. The van der Waals surface area contributed by atoms with Crippen LogP contribution in [0.4, 0.5) is 17.5 Å². The number of hydrogen-bond acceptors (Lipinski definition) is 8. The first kappa shape index (κ1) is 29.1. The van der Waals surface area contributed by atoms with Gasteiger partial charge in [0.2, 0.25) is 17.8 Å². The van der Waals surface area contributed by atoms with Crippen LogP contribution in [0.25, 0.3) is 10.9 Å². The van der Waals surface area contributed by atoms with Crippen LogP contribution < -0.4 is 21.3 Å². The second kappa shape index (κ2) is 15.1. The molecule has 0 saturated carbocycles. The lowest BCUT2D eigenvalue weighted by Gasteiger charge is -2.22. The Morgan fingerprint density at radius 3 is 2.87 bits per heavy atom. The summed E-state index contributed by atoms with van der Waals surface area (Å²) in [5.41, 5.74) is 2.49. The minimum absolute atomic E-state index is 0.199. The van der Waals surface area contributed by atoms with Crippen LogP contribution in [0.1, 0.15) is 38.7 Å². The zero-order valence-electron chi connectivity index (χ0n) is 23.0. The molecule has 11 heteroatoms. The molecule has 0 bridgehead atoms. The summed E-state index contributed by atoms with van der Waals surface area (Å²) in [7, 11) is 3.42. The zero-order chi connectivity index (χ0) is 28.0. The van der Waals surface area contributed by atoms with Crippen LogP contribution >= 0.6 is 0 Å². The minimum atomic E-state index is -0.569. The summed E-state index contributed by atoms with van der Waals surface area (Å²) in [5.74, 6) is 7.02. The lowest BCUT2D eigenvalue weighted by molar-refractivity contribution is -0.135. The van der Waals surface area contributed by atoms with Crippen molar-refractivity contribution >= 4 is 40.2 Å². The van der Waals surface area contributed by atoms with E-state index in [2.05, 4.69) is 60.2 Å². The monoisotopic (exact) mass is 531 g/mol. The van der Waals surface area contributed by atoms with Gasteiger partial charge in [0.15, 0.2) is 0 Å². The van der Waals surface area contributed by atoms with Gasteiger partial charge in [0.05, 0.1) is 23.5 Å². The molecule has 2 heterocycles. The lowest BCUT2D eigenvalue weighted by Crippen LogP contribution is -2.45. The Labute approximate surface area is 229 Å². The summed E-state index contributed by atoms with van der Waals surface area (Å²) in [6.45, 7) is 5.61. The highest BCUT2D eigenvalue weighted by molar-refractivity contribution is 5.92. The topological polar surface area (TPSA) is 140 Å². The molecule has 5 N–H and O–H groups in total. The van der Waals surface area contributed by atoms with E-state index < -0.39 is 6.04 Å². The molecule has 0 spiro atoms. The molecular weight excluding hydrogens is 494 g/mol. The quantitative estimate of drug-likeness (QED) is 0.129. The number of H-pyrrole nitrogens is 1. The van der Waals surface area contributed by atoms with E-state index >= 15 is 0 Å². The van der Waals surface area contributed by atoms with Crippen molar-refractivity contribution in [3.05, 3.63) is 48.3 Å². The fraction of sp³-hybridized carbons (Fsp3) is 0.393. The molecule has 2 aromatic heterocycles. The van der Waals surface area contributed by atoms with Crippen molar-refractivity contribution in [1.29, 1.82) is 0 Å². The number of unbranched alkanes of at least 4 members (excludes halogenated alkanes) is 1. The number of fused-ring (bicyclic) bond motifs is 1. The largest absolute Gasteiger partial charge is 0.369 e. The molecular formula is C28H37N9O2. The molecule has 0 unspecified atom stereocenters. The normalized spacial score (nSPS) is 11.6. The van der Waals surface area contributed by atoms with Crippen molar-refractivity contribution in [3.8, 4) is 11.8 Å². The maximum Gasteiger partial charge on any atom is 0.246 e. The highest BCUT2D eigenvalue weighted by Crippen LogP contribution is 2.21. The Hall–Kier alpha value is -4.43. The van der Waals surface area contributed by atoms with E-state index in [1.165, 1.54) is 11.0 Å². The lowest BCUT2D eigenvalue weighted by atomic mass is 10.2. The smallest absolute Gasteiger partial charge is 0.246 e. The fourth-order valence-electron chi connectivity index (χ4n) is 3.51. The van der Waals surface area contributed by atoms with Gasteiger partial charge in [-0.25, -0.2) is 4.98 Å². The van der Waals surface area contributed by atoms with Gasteiger partial charge in [0.1, 0.15) is 11.9 Å². The van der Waals surface area contributed by atoms with Gasteiger partial charge in [0, 0.05) is 50.3 Å². The molecule has 11 nitrogen and oxygen atoms in total. The van der Waals surface area contributed by atoms with E-state index in [9.17, 15) is 9.59 Å². The molecule has 1 atom stereocenters. The van der Waals surface area contributed by atoms with Crippen molar-refractivity contribution in [2.45, 2.75) is 39.2 Å². The van der Waals surface area contributed by atoms with Crippen LogP contribution in [0.15, 0.2) is 42.7 Å². The fourth-order valence-corrected chi connectivity index (χ4v) is 3.51. The molecule has 206 valence electrons. The van der Waals surface area contributed by atoms with Crippen LogP contribution in [-0.2, 0) is 9.59 Å². The number of amides is 2. The van der Waals surface area contributed by atoms with Crippen LogP contribution in [0, 0.1) is 11.8 Å². The van der Waals surface area contributed by atoms with E-state index in [4.69, 9.17) is 0 Å². The van der Waals surface area contributed by atoms with Crippen molar-refractivity contribution in [2.24, 2.45) is 0 Å².